The molecule has 0 amide bonds. The van der Waals surface area contributed by atoms with Crippen molar-refractivity contribution < 1.29 is 0 Å². The number of hydrogen-bond acceptors (Lipinski definition) is 6. The summed E-state index contributed by atoms with van der Waals surface area (Å²) in [7, 11) is -4.46. The second-order valence-electron chi connectivity index (χ2n) is 2.98. The Morgan fingerprint density at radius 2 is 1.33 bits per heavy atom. The molecule has 60 valence electrons. The molecule has 12 heavy (non-hydrogen) atoms. The second-order valence-corrected chi connectivity index (χ2v) is 9.91. The molecule has 0 aromatic rings. The standard InChI is InChI=1S/C4H6N6Si2/c5-3-11(7-1-8-11)4(6)12(3)9-2-10-12/h1-2,5-6H,(H,7,8)(H,9,10). The Hall–Kier alpha value is -1.29. The van der Waals surface area contributed by atoms with Crippen molar-refractivity contribution in [2.24, 2.45) is 9.32 Å². The third-order valence-electron chi connectivity index (χ3n) is 2.51. The molecule has 0 radical (unpaired) electrons. The first-order chi connectivity index (χ1) is 5.72. The van der Waals surface area contributed by atoms with Crippen molar-refractivity contribution in [1.82, 2.24) is 9.96 Å². The van der Waals surface area contributed by atoms with Crippen LogP contribution in [0.5, 0.6) is 0 Å². The first kappa shape index (κ1) is 6.25. The summed E-state index contributed by atoms with van der Waals surface area (Å²) in [6.07, 6.45) is 3.16. The van der Waals surface area contributed by atoms with Gasteiger partial charge in [0.25, 0.3) is 0 Å². The molecule has 3 aliphatic rings. The Morgan fingerprint density at radius 3 is 1.50 bits per heavy atom. The van der Waals surface area contributed by atoms with Crippen LogP contribution in [0.25, 0.3) is 0 Å². The normalized spacial score (nSPS) is 46.3. The van der Waals surface area contributed by atoms with Crippen LogP contribution in [-0.2, 0) is 0 Å². The van der Waals surface area contributed by atoms with Crippen LogP contribution >= 0.6 is 0 Å². The summed E-state index contributed by atoms with van der Waals surface area (Å²) in [6.45, 7) is 0. The van der Waals surface area contributed by atoms with E-state index >= 15 is 0 Å². The molecule has 0 saturated carbocycles. The third-order valence-corrected chi connectivity index (χ3v) is 11.9. The third kappa shape index (κ3) is 0.346. The molecule has 0 aliphatic carbocycles. The van der Waals surface area contributed by atoms with Gasteiger partial charge in [-0.15, -0.1) is 0 Å². The van der Waals surface area contributed by atoms with Gasteiger partial charge in [0.15, 0.2) is 0 Å². The molecule has 3 aliphatic heterocycles. The summed E-state index contributed by atoms with van der Waals surface area (Å²) in [5, 5.41) is 15.6. The highest BCUT2D eigenvalue weighted by molar-refractivity contribution is 7.70. The number of nitrogens with zero attached hydrogens (tertiary/aromatic N) is 2. The molecule has 6 nitrogen and oxygen atoms in total. The minimum absolute atomic E-state index is 0.588. The highest BCUT2D eigenvalue weighted by Gasteiger charge is 2.76. The molecule has 3 heterocycles. The van der Waals surface area contributed by atoms with Crippen LogP contribution in [0.2, 0.25) is 0 Å². The van der Waals surface area contributed by atoms with Gasteiger partial charge in [-0.1, -0.05) is 0 Å². The van der Waals surface area contributed by atoms with Gasteiger partial charge in [0.05, 0.1) is 22.6 Å². The fourth-order valence-corrected chi connectivity index (χ4v) is 10.5. The molecule has 4 N–H and O–H groups in total. The predicted octanol–water partition coefficient (Wildman–Crippen LogP) is -1.66. The molecular weight excluding hydrogens is 188 g/mol. The lowest BCUT2D eigenvalue weighted by molar-refractivity contribution is 1.23. The molecule has 1 fully saturated rings. The molecule has 0 aromatic carbocycles. The summed E-state index contributed by atoms with van der Waals surface area (Å²) < 4.78 is 8.24. The summed E-state index contributed by atoms with van der Waals surface area (Å²) in [5.74, 6) is 0. The zero-order chi connectivity index (χ0) is 8.40. The first-order valence-corrected chi connectivity index (χ1v) is 7.44. The molecule has 3 rings (SSSR count). The number of nitrogens with one attached hydrogen (secondary N) is 4. The van der Waals surface area contributed by atoms with E-state index in [0.29, 0.717) is 9.92 Å². The molecule has 8 heteroatoms. The van der Waals surface area contributed by atoms with E-state index in [2.05, 4.69) is 19.3 Å². The van der Waals surface area contributed by atoms with Crippen molar-refractivity contribution in [3.8, 4) is 0 Å². The van der Waals surface area contributed by atoms with Gasteiger partial charge in [0, 0.05) is 0 Å². The fraction of sp³-hybridized carbons (Fsp3) is 0. The van der Waals surface area contributed by atoms with Crippen LogP contribution < -0.4 is 9.96 Å². The van der Waals surface area contributed by atoms with Crippen molar-refractivity contribution in [3.05, 3.63) is 0 Å². The SMILES string of the molecule is N=C1[Si]2(N=CN2)C(=N)[Si]12N=CN2. The Bertz CT molecular complexity index is 322. The van der Waals surface area contributed by atoms with Crippen LogP contribution in [-0.4, -0.2) is 39.4 Å². The quantitative estimate of drug-likeness (QED) is 0.347. The minimum Gasteiger partial charge on any atom is -0.377 e. The summed E-state index contributed by atoms with van der Waals surface area (Å²) in [5.41, 5.74) is 0. The van der Waals surface area contributed by atoms with Crippen molar-refractivity contribution in [3.63, 3.8) is 0 Å². The Labute approximate surface area is 70.2 Å². The highest BCUT2D eigenvalue weighted by Crippen LogP contribution is 2.32. The molecule has 2 spiro atoms. The lowest BCUT2D eigenvalue weighted by Gasteiger charge is -2.53. The lowest BCUT2D eigenvalue weighted by atomic mass is 11.4. The van der Waals surface area contributed by atoms with Gasteiger partial charge in [-0.05, 0) is 0 Å². The average Bonchev–Trinajstić information content (AvgIpc) is 1.80. The van der Waals surface area contributed by atoms with Crippen LogP contribution in [0.4, 0.5) is 0 Å². The van der Waals surface area contributed by atoms with E-state index in [1.807, 2.05) is 0 Å². The van der Waals surface area contributed by atoms with Gasteiger partial charge in [-0.3, -0.25) is 9.32 Å². The van der Waals surface area contributed by atoms with E-state index in [1.165, 1.54) is 0 Å². The Kier molecular flexibility index (Phi) is 0.745. The van der Waals surface area contributed by atoms with Crippen LogP contribution in [0.3, 0.4) is 0 Å². The Morgan fingerprint density at radius 1 is 1.00 bits per heavy atom. The summed E-state index contributed by atoms with van der Waals surface area (Å²) in [4.78, 5) is 7.18. The summed E-state index contributed by atoms with van der Waals surface area (Å²) in [6, 6.07) is 0. The van der Waals surface area contributed by atoms with E-state index in [9.17, 15) is 0 Å². The maximum atomic E-state index is 7.80. The van der Waals surface area contributed by atoms with Crippen molar-refractivity contribution in [2.45, 2.75) is 0 Å². The van der Waals surface area contributed by atoms with Gasteiger partial charge in [0.1, 0.15) is 0 Å². The Balaban J connectivity index is 2.08. The van der Waals surface area contributed by atoms with Crippen molar-refractivity contribution >= 4 is 39.4 Å². The monoisotopic (exact) mass is 194 g/mol. The minimum atomic E-state index is -2.23. The van der Waals surface area contributed by atoms with E-state index in [1.54, 1.807) is 12.7 Å². The molecular formula is C4H6N6Si2. The van der Waals surface area contributed by atoms with Crippen molar-refractivity contribution in [1.29, 1.82) is 10.8 Å². The molecule has 0 aromatic heterocycles. The predicted molar refractivity (Wildman–Crippen MR) is 50.2 cm³/mol. The van der Waals surface area contributed by atoms with Crippen molar-refractivity contribution in [2.75, 3.05) is 0 Å². The molecule has 0 unspecified atom stereocenters. The number of rotatable bonds is 0. The van der Waals surface area contributed by atoms with Crippen LogP contribution in [0, 0.1) is 10.8 Å². The zero-order valence-corrected chi connectivity index (χ0v) is 8.05. The largest absolute Gasteiger partial charge is 0.377 e. The van der Waals surface area contributed by atoms with Gasteiger partial charge in [-0.25, -0.2) is 0 Å². The maximum Gasteiger partial charge on any atom is 0.376 e. The van der Waals surface area contributed by atoms with Crippen LogP contribution in [0.15, 0.2) is 9.32 Å². The zero-order valence-electron chi connectivity index (χ0n) is 6.05. The van der Waals surface area contributed by atoms with Crippen LogP contribution in [0.1, 0.15) is 0 Å². The van der Waals surface area contributed by atoms with Gasteiger partial charge in [-0.2, -0.15) is 0 Å². The van der Waals surface area contributed by atoms with Gasteiger partial charge >= 0.3 is 16.8 Å². The smallest absolute Gasteiger partial charge is 0.376 e. The first-order valence-electron chi connectivity index (χ1n) is 3.54. The van der Waals surface area contributed by atoms with E-state index in [-0.39, 0.29) is 0 Å². The molecule has 1 saturated heterocycles. The van der Waals surface area contributed by atoms with E-state index in [0.717, 1.165) is 0 Å². The van der Waals surface area contributed by atoms with Gasteiger partial charge in [0.2, 0.25) is 0 Å². The average molecular weight is 194 g/mol. The second kappa shape index (κ2) is 1.43. The molecule has 0 atom stereocenters. The number of hydrogen-bond donors (Lipinski definition) is 4. The van der Waals surface area contributed by atoms with E-state index < -0.39 is 16.8 Å². The topological polar surface area (TPSA) is 96.5 Å². The fourth-order valence-electron chi connectivity index (χ4n) is 1.65. The summed E-state index contributed by atoms with van der Waals surface area (Å²) >= 11 is 0. The maximum absolute atomic E-state index is 7.80. The van der Waals surface area contributed by atoms with E-state index in [4.69, 9.17) is 10.8 Å². The van der Waals surface area contributed by atoms with Gasteiger partial charge < -0.3 is 20.8 Å². The highest BCUT2D eigenvalue weighted by atomic mass is 28.5. The molecule has 0 bridgehead atoms. The lowest BCUT2D eigenvalue weighted by Crippen LogP contribution is -2.95.